The van der Waals surface area contributed by atoms with Crippen molar-refractivity contribution in [3.05, 3.63) is 53.6 Å². The molecule has 3 N–H and O–H groups in total. The quantitative estimate of drug-likeness (QED) is 0.261. The van der Waals surface area contributed by atoms with Crippen molar-refractivity contribution in [1.82, 2.24) is 5.32 Å². The predicted molar refractivity (Wildman–Crippen MR) is 116 cm³/mol. The Morgan fingerprint density at radius 2 is 1.55 bits per heavy atom. The van der Waals surface area contributed by atoms with E-state index in [2.05, 4.69) is 5.32 Å². The van der Waals surface area contributed by atoms with E-state index in [0.29, 0.717) is 23.1 Å². The summed E-state index contributed by atoms with van der Waals surface area (Å²) in [4.78, 5) is 24.3. The third-order valence-electron chi connectivity index (χ3n) is 3.59. The molecule has 2 aromatic rings. The van der Waals surface area contributed by atoms with Gasteiger partial charge in [0.15, 0.2) is 17.3 Å². The Morgan fingerprint density at radius 1 is 1.03 bits per heavy atom. The van der Waals surface area contributed by atoms with E-state index in [4.69, 9.17) is 14.0 Å². The van der Waals surface area contributed by atoms with Gasteiger partial charge in [-0.3, -0.25) is 9.35 Å². The Morgan fingerprint density at radius 3 is 2.00 bits per heavy atom. The van der Waals surface area contributed by atoms with Crippen LogP contribution in [-0.2, 0) is 10.1 Å². The molecule has 10 heteroatoms. The molecule has 0 aromatic heterocycles. The molecular formula is C21H27NO8S. The molecule has 0 aliphatic carbocycles. The van der Waals surface area contributed by atoms with Gasteiger partial charge in [-0.25, -0.2) is 4.79 Å². The zero-order valence-electron chi connectivity index (χ0n) is 18.0. The lowest BCUT2D eigenvalue weighted by Crippen LogP contribution is -2.39. The molecule has 0 radical (unpaired) electrons. The number of nitrogens with one attached hydrogen (secondary N) is 1. The molecule has 0 aliphatic rings. The number of ketones is 1. The van der Waals surface area contributed by atoms with Crippen molar-refractivity contribution in [2.45, 2.75) is 26.3 Å². The molecule has 0 atom stereocenters. The number of benzene rings is 2. The number of hydrogen-bond donors (Lipinski definition) is 3. The van der Waals surface area contributed by atoms with Gasteiger partial charge >= 0.3 is 5.97 Å². The van der Waals surface area contributed by atoms with Gasteiger partial charge in [-0.05, 0) is 63.2 Å². The van der Waals surface area contributed by atoms with Crippen molar-refractivity contribution in [2.24, 2.45) is 0 Å². The van der Waals surface area contributed by atoms with Gasteiger partial charge in [-0.15, -0.1) is 0 Å². The third-order valence-corrected chi connectivity index (χ3v) is 3.59. The molecule has 31 heavy (non-hydrogen) atoms. The van der Waals surface area contributed by atoms with Crippen LogP contribution in [0, 0.1) is 0 Å². The van der Waals surface area contributed by atoms with Gasteiger partial charge < -0.3 is 19.9 Å². The van der Waals surface area contributed by atoms with Crippen LogP contribution < -0.4 is 14.8 Å². The van der Waals surface area contributed by atoms with E-state index in [0.717, 1.165) is 0 Å². The molecule has 0 unspecified atom stereocenters. The smallest absolute Gasteiger partial charge is 0.343 e. The standard InChI is InChI=1S/C20H23NO5.CH4O3S/c1-20(2,3)21-12-17(23)14-7-10-18(16(22)11-14)26-19(24)13-5-8-15(25-4)9-6-13;1-5(2,3)4/h5-11,21-22H,12H2,1-4H3;1H3,(H,2,3,4). The van der Waals surface area contributed by atoms with Crippen LogP contribution in [0.1, 0.15) is 41.5 Å². The molecule has 170 valence electrons. The van der Waals surface area contributed by atoms with Crippen molar-refractivity contribution in [1.29, 1.82) is 0 Å². The van der Waals surface area contributed by atoms with Crippen LogP contribution in [0.4, 0.5) is 0 Å². The monoisotopic (exact) mass is 453 g/mol. The fourth-order valence-electron chi connectivity index (χ4n) is 2.11. The van der Waals surface area contributed by atoms with Gasteiger partial charge in [0.1, 0.15) is 5.75 Å². The molecule has 0 fully saturated rings. The molecule has 0 saturated carbocycles. The number of hydrogen-bond acceptors (Lipinski definition) is 8. The van der Waals surface area contributed by atoms with E-state index < -0.39 is 16.1 Å². The molecule has 9 nitrogen and oxygen atoms in total. The van der Waals surface area contributed by atoms with Crippen molar-refractivity contribution >= 4 is 21.9 Å². The molecule has 0 bridgehead atoms. The summed E-state index contributed by atoms with van der Waals surface area (Å²) in [5.74, 6) is -0.435. The van der Waals surface area contributed by atoms with Crippen LogP contribution in [0.25, 0.3) is 0 Å². The minimum Gasteiger partial charge on any atom is -0.504 e. The number of rotatable bonds is 6. The second kappa shape index (κ2) is 10.9. The topological polar surface area (TPSA) is 139 Å². The summed E-state index contributed by atoms with van der Waals surface area (Å²) >= 11 is 0. The van der Waals surface area contributed by atoms with Gasteiger partial charge in [0.2, 0.25) is 0 Å². The van der Waals surface area contributed by atoms with E-state index >= 15 is 0 Å². The molecule has 0 amide bonds. The van der Waals surface area contributed by atoms with Crippen molar-refractivity contribution in [3.63, 3.8) is 0 Å². The average Bonchev–Trinajstić information content (AvgIpc) is 2.65. The highest BCUT2D eigenvalue weighted by atomic mass is 32.2. The van der Waals surface area contributed by atoms with Crippen molar-refractivity contribution < 1.29 is 37.1 Å². The first-order valence-corrected chi connectivity index (χ1v) is 10.9. The van der Waals surface area contributed by atoms with Crippen LogP contribution in [0.15, 0.2) is 42.5 Å². The van der Waals surface area contributed by atoms with E-state index in [1.807, 2.05) is 20.8 Å². The van der Waals surface area contributed by atoms with Crippen LogP contribution in [-0.4, -0.2) is 55.3 Å². The molecule has 0 aliphatic heterocycles. The molecular weight excluding hydrogens is 426 g/mol. The number of ether oxygens (including phenoxy) is 2. The second-order valence-corrected chi connectivity index (χ2v) is 9.03. The maximum Gasteiger partial charge on any atom is 0.343 e. The summed E-state index contributed by atoms with van der Waals surface area (Å²) < 4.78 is 36.1. The lowest BCUT2D eigenvalue weighted by atomic mass is 10.1. The lowest BCUT2D eigenvalue weighted by Gasteiger charge is -2.19. The summed E-state index contributed by atoms with van der Waals surface area (Å²) in [7, 11) is -2.13. The highest BCUT2D eigenvalue weighted by molar-refractivity contribution is 7.85. The average molecular weight is 454 g/mol. The summed E-state index contributed by atoms with van der Waals surface area (Å²) in [5, 5.41) is 13.2. The highest BCUT2D eigenvalue weighted by Gasteiger charge is 2.16. The largest absolute Gasteiger partial charge is 0.504 e. The number of methoxy groups -OCH3 is 1. The summed E-state index contributed by atoms with van der Waals surface area (Å²) in [6.07, 6.45) is 0.715. The first-order valence-electron chi connectivity index (χ1n) is 9.09. The zero-order chi connectivity index (χ0) is 23.8. The van der Waals surface area contributed by atoms with E-state index in [1.54, 1.807) is 24.3 Å². The number of Topliss-reactive ketones (excluding diaryl/α,β-unsaturated/α-hetero) is 1. The number of phenolic OH excluding ortho intramolecular Hbond substituents is 1. The fourth-order valence-corrected chi connectivity index (χ4v) is 2.11. The SMILES string of the molecule is COc1ccc(C(=O)Oc2ccc(C(=O)CNC(C)(C)C)cc2O)cc1.CS(=O)(=O)O. The number of esters is 1. The van der Waals surface area contributed by atoms with Gasteiger partial charge in [0, 0.05) is 11.1 Å². The Balaban J connectivity index is 0.000000861. The van der Waals surface area contributed by atoms with Gasteiger partial charge in [0.05, 0.1) is 25.5 Å². The van der Waals surface area contributed by atoms with Gasteiger partial charge in [0.25, 0.3) is 10.1 Å². The second-order valence-electron chi connectivity index (χ2n) is 7.56. The van der Waals surface area contributed by atoms with Gasteiger partial charge in [-0.1, -0.05) is 0 Å². The van der Waals surface area contributed by atoms with Crippen molar-refractivity contribution in [3.8, 4) is 17.2 Å². The Labute approximate surface area is 181 Å². The Hall–Kier alpha value is -2.95. The minimum atomic E-state index is -3.67. The first kappa shape index (κ1) is 26.1. The van der Waals surface area contributed by atoms with Crippen LogP contribution in [0.5, 0.6) is 17.2 Å². The van der Waals surface area contributed by atoms with Crippen LogP contribution in [0.2, 0.25) is 0 Å². The molecule has 2 rings (SSSR count). The molecule has 2 aromatic carbocycles. The Kier molecular flexibility index (Phi) is 9.17. The van der Waals surface area contributed by atoms with E-state index in [-0.39, 0.29) is 29.4 Å². The fraction of sp³-hybridized carbons (Fsp3) is 0.333. The van der Waals surface area contributed by atoms with Crippen LogP contribution in [0.3, 0.4) is 0 Å². The normalized spacial score (nSPS) is 11.2. The third kappa shape index (κ3) is 10.6. The lowest BCUT2D eigenvalue weighted by molar-refractivity contribution is 0.0729. The van der Waals surface area contributed by atoms with E-state index in [1.165, 1.54) is 25.3 Å². The number of phenols is 1. The summed E-state index contributed by atoms with van der Waals surface area (Å²) in [5.41, 5.74) is 0.467. The molecule has 0 saturated heterocycles. The number of carbonyl (C=O) groups is 2. The maximum atomic E-state index is 12.2. The highest BCUT2D eigenvalue weighted by Crippen LogP contribution is 2.28. The zero-order valence-corrected chi connectivity index (χ0v) is 18.8. The number of carbonyl (C=O) groups excluding carboxylic acids is 2. The maximum absolute atomic E-state index is 12.2. The van der Waals surface area contributed by atoms with E-state index in [9.17, 15) is 23.1 Å². The summed E-state index contributed by atoms with van der Waals surface area (Å²) in [6.45, 7) is 6.02. The molecule has 0 heterocycles. The van der Waals surface area contributed by atoms with Crippen molar-refractivity contribution in [2.75, 3.05) is 19.9 Å². The molecule has 0 spiro atoms. The minimum absolute atomic E-state index is 0.00820. The first-order chi connectivity index (χ1) is 14.2. The summed E-state index contributed by atoms with van der Waals surface area (Å²) in [6, 6.07) is 10.6. The van der Waals surface area contributed by atoms with Gasteiger partial charge in [-0.2, -0.15) is 8.42 Å². The predicted octanol–water partition coefficient (Wildman–Crippen LogP) is 2.69. The van der Waals surface area contributed by atoms with Crippen LogP contribution >= 0.6 is 0 Å². The Bertz CT molecular complexity index is 1000. The number of aromatic hydroxyl groups is 1.